The van der Waals surface area contributed by atoms with E-state index in [9.17, 15) is 4.79 Å². The van der Waals surface area contributed by atoms with Crippen molar-refractivity contribution < 1.29 is 4.74 Å². The first kappa shape index (κ1) is 21.8. The first-order valence-corrected chi connectivity index (χ1v) is 8.66. The highest BCUT2D eigenvalue weighted by Gasteiger charge is 2.21. The molecule has 0 aromatic carbocycles. The molecule has 1 atom stereocenters. The highest BCUT2D eigenvalue weighted by molar-refractivity contribution is 7.98. The van der Waals surface area contributed by atoms with Crippen molar-refractivity contribution in [2.45, 2.75) is 29.7 Å². The Morgan fingerprint density at radius 3 is 2.84 bits per heavy atom. The standard InChI is InChI=1S/C15H21N5O2S.2ClH/c1-20-14(10-4-3-5-16-7-10)18-19-15(20)23-9-11-6-12(21)13(22-2)8-17-11;;/h6,8,10,16H,3-5,7,9H2,1-2H3,(H,17,21);2*1H. The van der Waals surface area contributed by atoms with Crippen LogP contribution >= 0.6 is 36.6 Å². The van der Waals surface area contributed by atoms with Gasteiger partial charge in [-0.2, -0.15) is 0 Å². The Balaban J connectivity index is 0.00000156. The van der Waals surface area contributed by atoms with Crippen molar-refractivity contribution in [1.29, 1.82) is 0 Å². The SMILES string of the molecule is COc1c[nH]c(CSc2nnc(C3CCCNC3)n2C)cc1=O.Cl.Cl. The van der Waals surface area contributed by atoms with Crippen LogP contribution in [0.15, 0.2) is 22.2 Å². The van der Waals surface area contributed by atoms with E-state index >= 15 is 0 Å². The molecular weight excluding hydrogens is 385 g/mol. The summed E-state index contributed by atoms with van der Waals surface area (Å²) in [5, 5.41) is 12.9. The lowest BCUT2D eigenvalue weighted by Crippen LogP contribution is -2.29. The highest BCUT2D eigenvalue weighted by Crippen LogP contribution is 2.26. The molecule has 0 bridgehead atoms. The van der Waals surface area contributed by atoms with Crippen molar-refractivity contribution in [3.05, 3.63) is 34.0 Å². The molecule has 0 aliphatic carbocycles. The summed E-state index contributed by atoms with van der Waals surface area (Å²) >= 11 is 1.57. The van der Waals surface area contributed by atoms with E-state index in [1.807, 2.05) is 7.05 Å². The number of piperidine rings is 1. The van der Waals surface area contributed by atoms with Crippen LogP contribution < -0.4 is 15.5 Å². The number of nitrogens with zero attached hydrogens (tertiary/aromatic N) is 3. The Hall–Kier alpha value is -1.22. The smallest absolute Gasteiger partial charge is 0.223 e. The minimum absolute atomic E-state index is 0. The number of rotatable bonds is 5. The second kappa shape index (κ2) is 10.1. The second-order valence-corrected chi connectivity index (χ2v) is 6.57. The molecule has 0 radical (unpaired) electrons. The van der Waals surface area contributed by atoms with Gasteiger partial charge >= 0.3 is 0 Å². The van der Waals surface area contributed by atoms with Gasteiger partial charge in [-0.15, -0.1) is 35.0 Å². The van der Waals surface area contributed by atoms with E-state index in [1.165, 1.54) is 13.5 Å². The third kappa shape index (κ3) is 5.13. The fraction of sp³-hybridized carbons (Fsp3) is 0.533. The molecule has 1 aliphatic rings. The van der Waals surface area contributed by atoms with E-state index in [0.717, 1.165) is 36.2 Å². The topological polar surface area (TPSA) is 84.8 Å². The van der Waals surface area contributed by atoms with Crippen LogP contribution in [0.2, 0.25) is 0 Å². The normalized spacial score (nSPS) is 16.6. The van der Waals surface area contributed by atoms with Crippen LogP contribution in [0.3, 0.4) is 0 Å². The van der Waals surface area contributed by atoms with Crippen LogP contribution in [0.25, 0.3) is 0 Å². The number of aromatic nitrogens is 4. The van der Waals surface area contributed by atoms with E-state index in [-0.39, 0.29) is 30.2 Å². The van der Waals surface area contributed by atoms with Crippen molar-refractivity contribution in [3.63, 3.8) is 0 Å². The zero-order valence-electron chi connectivity index (χ0n) is 14.2. The van der Waals surface area contributed by atoms with Crippen LogP contribution in [0.4, 0.5) is 0 Å². The number of halogens is 2. The number of aromatic amines is 1. The predicted molar refractivity (Wildman–Crippen MR) is 104 cm³/mol. The average molecular weight is 408 g/mol. The Morgan fingerprint density at radius 1 is 1.40 bits per heavy atom. The van der Waals surface area contributed by atoms with Gasteiger partial charge in [-0.3, -0.25) is 4.79 Å². The molecule has 140 valence electrons. The zero-order chi connectivity index (χ0) is 16.2. The van der Waals surface area contributed by atoms with Gasteiger partial charge in [0.15, 0.2) is 10.9 Å². The first-order chi connectivity index (χ1) is 11.2. The molecule has 0 spiro atoms. The molecule has 1 fully saturated rings. The molecule has 10 heteroatoms. The summed E-state index contributed by atoms with van der Waals surface area (Å²) in [6, 6.07) is 1.56. The van der Waals surface area contributed by atoms with Crippen LogP contribution in [0.1, 0.15) is 30.3 Å². The van der Waals surface area contributed by atoms with E-state index in [0.29, 0.717) is 17.4 Å². The Morgan fingerprint density at radius 2 is 2.20 bits per heavy atom. The zero-order valence-corrected chi connectivity index (χ0v) is 16.6. The monoisotopic (exact) mass is 407 g/mol. The number of thioether (sulfide) groups is 1. The van der Waals surface area contributed by atoms with Gasteiger partial charge in [-0.25, -0.2) is 0 Å². The molecule has 2 aromatic rings. The van der Waals surface area contributed by atoms with Crippen molar-refractivity contribution >= 4 is 36.6 Å². The van der Waals surface area contributed by atoms with E-state index < -0.39 is 0 Å². The molecule has 0 saturated carbocycles. The number of methoxy groups -OCH3 is 1. The summed E-state index contributed by atoms with van der Waals surface area (Å²) in [7, 11) is 3.49. The fourth-order valence-corrected chi connectivity index (χ4v) is 3.60. The molecule has 1 saturated heterocycles. The summed E-state index contributed by atoms with van der Waals surface area (Å²) in [6.45, 7) is 2.04. The molecule has 3 heterocycles. The van der Waals surface area contributed by atoms with Crippen molar-refractivity contribution in [2.75, 3.05) is 20.2 Å². The maximum Gasteiger partial charge on any atom is 0.223 e. The summed E-state index contributed by atoms with van der Waals surface area (Å²) in [4.78, 5) is 14.8. The summed E-state index contributed by atoms with van der Waals surface area (Å²) < 4.78 is 7.03. The van der Waals surface area contributed by atoms with E-state index in [4.69, 9.17) is 4.74 Å². The minimum Gasteiger partial charge on any atom is -0.491 e. The minimum atomic E-state index is -0.117. The lowest BCUT2D eigenvalue weighted by atomic mass is 9.99. The molecule has 2 aromatic heterocycles. The summed E-state index contributed by atoms with van der Waals surface area (Å²) in [5.41, 5.74) is 0.721. The summed E-state index contributed by atoms with van der Waals surface area (Å²) in [6.07, 6.45) is 3.91. The Kier molecular flexibility index (Phi) is 8.78. The lowest BCUT2D eigenvalue weighted by Gasteiger charge is -2.21. The first-order valence-electron chi connectivity index (χ1n) is 7.67. The third-order valence-corrected chi connectivity index (χ3v) is 5.11. The van der Waals surface area contributed by atoms with Gasteiger partial charge in [-0.1, -0.05) is 11.8 Å². The van der Waals surface area contributed by atoms with Gasteiger partial charge in [0.1, 0.15) is 5.82 Å². The average Bonchev–Trinajstić information content (AvgIpc) is 2.94. The van der Waals surface area contributed by atoms with Crippen molar-refractivity contribution in [2.24, 2.45) is 7.05 Å². The van der Waals surface area contributed by atoms with Gasteiger partial charge in [0.05, 0.1) is 7.11 Å². The number of ether oxygens (including phenoxy) is 1. The lowest BCUT2D eigenvalue weighted by molar-refractivity contribution is 0.408. The van der Waals surface area contributed by atoms with Gasteiger partial charge in [0.25, 0.3) is 0 Å². The predicted octanol–water partition coefficient (Wildman–Crippen LogP) is 2.11. The van der Waals surface area contributed by atoms with Crippen molar-refractivity contribution in [1.82, 2.24) is 25.1 Å². The molecule has 3 rings (SSSR count). The third-order valence-electron chi connectivity index (χ3n) is 4.04. The largest absolute Gasteiger partial charge is 0.491 e. The van der Waals surface area contributed by atoms with Crippen LogP contribution in [-0.4, -0.2) is 39.9 Å². The quantitative estimate of drug-likeness (QED) is 0.738. The highest BCUT2D eigenvalue weighted by atomic mass is 35.5. The van der Waals surface area contributed by atoms with Crippen molar-refractivity contribution in [3.8, 4) is 5.75 Å². The van der Waals surface area contributed by atoms with Gasteiger partial charge < -0.3 is 19.6 Å². The van der Waals surface area contributed by atoms with Crippen LogP contribution in [0.5, 0.6) is 5.75 Å². The molecule has 7 nitrogen and oxygen atoms in total. The number of hydrogen-bond acceptors (Lipinski definition) is 6. The molecule has 1 aliphatic heterocycles. The Bertz CT molecular complexity index is 731. The molecule has 1 unspecified atom stereocenters. The number of hydrogen-bond donors (Lipinski definition) is 2. The van der Waals surface area contributed by atoms with E-state index in [1.54, 1.807) is 24.0 Å². The number of pyridine rings is 1. The maximum atomic E-state index is 11.8. The van der Waals surface area contributed by atoms with Gasteiger partial charge in [0, 0.05) is 43.2 Å². The summed E-state index contributed by atoms with van der Waals surface area (Å²) in [5.74, 6) is 2.41. The van der Waals surface area contributed by atoms with Gasteiger partial charge in [-0.05, 0) is 19.4 Å². The molecule has 25 heavy (non-hydrogen) atoms. The van der Waals surface area contributed by atoms with E-state index in [2.05, 4.69) is 25.1 Å². The fourth-order valence-electron chi connectivity index (χ4n) is 2.77. The maximum absolute atomic E-state index is 11.8. The van der Waals surface area contributed by atoms with Gasteiger partial charge in [0.2, 0.25) is 5.43 Å². The van der Waals surface area contributed by atoms with Crippen LogP contribution in [-0.2, 0) is 12.8 Å². The molecule has 0 amide bonds. The number of nitrogens with one attached hydrogen (secondary N) is 2. The second-order valence-electron chi connectivity index (χ2n) is 5.62. The van der Waals surface area contributed by atoms with Crippen LogP contribution in [0, 0.1) is 0 Å². The number of H-pyrrole nitrogens is 1. The Labute approximate surface area is 163 Å². The molecular formula is C15H23Cl2N5O2S. The molecule has 2 N–H and O–H groups in total.